The molecule has 2 nitrogen and oxygen atoms in total. The molecule has 2 spiro atoms. The molecule has 0 amide bonds. The van der Waals surface area contributed by atoms with Crippen molar-refractivity contribution in [1.82, 2.24) is 0 Å². The molecule has 9 aromatic rings. The summed E-state index contributed by atoms with van der Waals surface area (Å²) in [5.74, 6) is 1.87. The van der Waals surface area contributed by atoms with Crippen LogP contribution in [0.5, 0.6) is 11.5 Å². The summed E-state index contributed by atoms with van der Waals surface area (Å²) in [6.07, 6.45) is 0. The molecule has 4 aliphatic heterocycles. The van der Waals surface area contributed by atoms with E-state index in [9.17, 15) is 0 Å². The van der Waals surface area contributed by atoms with Crippen LogP contribution in [-0.4, -0.2) is 8.07 Å². The molecule has 61 heavy (non-hydrogen) atoms. The molecule has 14 rings (SSSR count). The largest absolute Gasteiger partial charge is 0.456 e. The summed E-state index contributed by atoms with van der Waals surface area (Å²) in [4.78, 5) is 2.55. The zero-order valence-electron chi connectivity index (χ0n) is 33.9. The molecule has 0 unspecified atom stereocenters. The van der Waals surface area contributed by atoms with Crippen LogP contribution in [0.25, 0.3) is 33.4 Å². The van der Waals surface area contributed by atoms with Crippen LogP contribution in [0, 0.1) is 0 Å². The Morgan fingerprint density at radius 1 is 0.393 bits per heavy atom. The Kier molecular flexibility index (Phi) is 6.36. The van der Waals surface area contributed by atoms with Crippen LogP contribution >= 0.6 is 0 Å². The number of benzene rings is 9. The molecular weight excluding hydrogens is 755 g/mol. The van der Waals surface area contributed by atoms with Crippen molar-refractivity contribution in [3.05, 3.63) is 234 Å². The Balaban J connectivity index is 1.06. The molecule has 0 N–H and O–H groups in total. The number of nitrogens with zero attached hydrogens (tertiary/aromatic N) is 1. The predicted octanol–water partition coefficient (Wildman–Crippen LogP) is 11.6. The lowest BCUT2D eigenvalue weighted by Gasteiger charge is -2.49. The number of hydrogen-bond donors (Lipinski definition) is 0. The normalized spacial score (nSPS) is 16.2. The van der Waals surface area contributed by atoms with Crippen molar-refractivity contribution in [3.8, 4) is 44.9 Å². The minimum Gasteiger partial charge on any atom is -0.456 e. The van der Waals surface area contributed by atoms with E-state index in [-0.39, 0.29) is 5.41 Å². The van der Waals surface area contributed by atoms with Gasteiger partial charge in [-0.05, 0) is 101 Å². The summed E-state index contributed by atoms with van der Waals surface area (Å²) in [5, 5.41) is 5.94. The second-order valence-electron chi connectivity index (χ2n) is 17.9. The van der Waals surface area contributed by atoms with E-state index in [1.165, 1.54) is 105 Å². The average Bonchev–Trinajstić information content (AvgIpc) is 3.87. The van der Waals surface area contributed by atoms with E-state index in [1.54, 1.807) is 0 Å². The molecule has 9 aromatic carbocycles. The fraction of sp³-hybridized carbons (Fsp3) is 0.0690. The quantitative estimate of drug-likeness (QED) is 0.154. The predicted molar refractivity (Wildman–Crippen MR) is 252 cm³/mol. The third-order valence-electron chi connectivity index (χ3n) is 14.9. The molecule has 0 saturated heterocycles. The second kappa shape index (κ2) is 11.5. The van der Waals surface area contributed by atoms with E-state index in [2.05, 4.69) is 219 Å². The van der Waals surface area contributed by atoms with E-state index in [4.69, 9.17) is 4.74 Å². The van der Waals surface area contributed by atoms with E-state index in [0.717, 1.165) is 11.5 Å². The molecule has 1 aliphatic carbocycles. The van der Waals surface area contributed by atoms with Crippen molar-refractivity contribution in [1.29, 1.82) is 0 Å². The van der Waals surface area contributed by atoms with E-state index in [0.29, 0.717) is 0 Å². The van der Waals surface area contributed by atoms with E-state index >= 15 is 0 Å². The van der Waals surface area contributed by atoms with Crippen molar-refractivity contribution in [3.63, 3.8) is 0 Å². The van der Waals surface area contributed by atoms with Crippen molar-refractivity contribution in [2.75, 3.05) is 4.90 Å². The maximum Gasteiger partial charge on any atom is 0.182 e. The van der Waals surface area contributed by atoms with Crippen LogP contribution < -0.4 is 30.4 Å². The van der Waals surface area contributed by atoms with Gasteiger partial charge in [-0.15, -0.1) is 0 Å². The maximum absolute atomic E-state index is 7.22. The van der Waals surface area contributed by atoms with Gasteiger partial charge in [-0.2, -0.15) is 0 Å². The summed E-state index contributed by atoms with van der Waals surface area (Å²) >= 11 is 0. The maximum atomic E-state index is 7.22. The van der Waals surface area contributed by atoms with Crippen molar-refractivity contribution >= 4 is 45.9 Å². The molecule has 286 valence electrons. The fourth-order valence-corrected chi connectivity index (χ4v) is 18.2. The number of ether oxygens (including phenoxy) is 1. The first-order valence-electron chi connectivity index (χ1n) is 21.5. The van der Waals surface area contributed by atoms with Gasteiger partial charge in [0.2, 0.25) is 0 Å². The first-order valence-corrected chi connectivity index (χ1v) is 23.5. The van der Waals surface area contributed by atoms with Crippen LogP contribution in [0.15, 0.2) is 200 Å². The summed E-state index contributed by atoms with van der Waals surface area (Å²) in [6, 6.07) is 75.8. The highest BCUT2D eigenvalue weighted by Crippen LogP contribution is 2.66. The molecule has 0 fully saturated rings. The lowest BCUT2D eigenvalue weighted by atomic mass is 9.60. The number of rotatable bonds is 1. The standard InChI is InChI=1S/C58H39NOSi/c1-57(2)42-21-7-3-20-41(42)55-46(57)33-34-47-56(55)60-50-27-13-10-24-45(50)58(47)43-22-8-11-25-48(43)59(49-26-12-9-23-44(49)58)36-31-32-40-39-19-6-16-30-53(39)61(54(40)35-36)51-28-14-4-17-37(51)38-18-5-15-29-52(38)61/h3-35H,1-2H3. The first kappa shape index (κ1) is 33.6. The zero-order chi connectivity index (χ0) is 40.2. The summed E-state index contributed by atoms with van der Waals surface area (Å²) < 4.78 is 7.22. The third kappa shape index (κ3) is 3.86. The van der Waals surface area contributed by atoms with Gasteiger partial charge in [0.15, 0.2) is 8.07 Å². The van der Waals surface area contributed by atoms with Crippen LogP contribution in [0.4, 0.5) is 17.1 Å². The Bertz CT molecular complexity index is 3300. The Hall–Kier alpha value is -7.20. The molecule has 4 heterocycles. The Morgan fingerprint density at radius 2 is 0.869 bits per heavy atom. The molecular formula is C58H39NOSi. The van der Waals surface area contributed by atoms with Gasteiger partial charge in [0.1, 0.15) is 11.5 Å². The smallest absolute Gasteiger partial charge is 0.182 e. The van der Waals surface area contributed by atoms with Gasteiger partial charge >= 0.3 is 0 Å². The summed E-state index contributed by atoms with van der Waals surface area (Å²) in [5.41, 5.74) is 18.2. The van der Waals surface area contributed by atoms with Crippen LogP contribution in [0.1, 0.15) is 47.2 Å². The van der Waals surface area contributed by atoms with Crippen molar-refractivity contribution < 1.29 is 4.74 Å². The Morgan fingerprint density at radius 3 is 1.49 bits per heavy atom. The molecule has 0 aromatic heterocycles. The third-order valence-corrected chi connectivity index (χ3v) is 19.9. The fourth-order valence-electron chi connectivity index (χ4n) is 12.6. The van der Waals surface area contributed by atoms with Crippen LogP contribution in [-0.2, 0) is 10.8 Å². The number of para-hydroxylation sites is 3. The minimum absolute atomic E-state index is 0.151. The monoisotopic (exact) mass is 793 g/mol. The topological polar surface area (TPSA) is 12.5 Å². The van der Waals surface area contributed by atoms with Gasteiger partial charge in [0.25, 0.3) is 0 Å². The molecule has 0 bridgehead atoms. The molecule has 5 aliphatic rings. The highest BCUT2D eigenvalue weighted by Gasteiger charge is 2.56. The van der Waals surface area contributed by atoms with Gasteiger partial charge in [0.05, 0.1) is 16.8 Å². The molecule has 0 atom stereocenters. The second-order valence-corrected chi connectivity index (χ2v) is 21.5. The van der Waals surface area contributed by atoms with E-state index < -0.39 is 13.5 Å². The van der Waals surface area contributed by atoms with Gasteiger partial charge in [-0.25, -0.2) is 0 Å². The van der Waals surface area contributed by atoms with E-state index in [1.807, 2.05) is 0 Å². The number of fused-ring (bicyclic) bond motifs is 22. The lowest BCUT2D eigenvalue weighted by Crippen LogP contribution is -2.70. The van der Waals surface area contributed by atoms with Crippen molar-refractivity contribution in [2.45, 2.75) is 24.7 Å². The highest BCUT2D eigenvalue weighted by molar-refractivity contribution is 7.24. The first-order chi connectivity index (χ1) is 30.0. The highest BCUT2D eigenvalue weighted by atomic mass is 28.3. The molecule has 0 saturated carbocycles. The van der Waals surface area contributed by atoms with Crippen molar-refractivity contribution in [2.24, 2.45) is 0 Å². The summed E-state index contributed by atoms with van der Waals surface area (Å²) in [7, 11) is -2.66. The van der Waals surface area contributed by atoms with Gasteiger partial charge in [0, 0.05) is 27.8 Å². The van der Waals surface area contributed by atoms with Gasteiger partial charge < -0.3 is 9.64 Å². The van der Waals surface area contributed by atoms with Gasteiger partial charge in [-0.3, -0.25) is 0 Å². The van der Waals surface area contributed by atoms with Crippen LogP contribution in [0.2, 0.25) is 0 Å². The zero-order valence-corrected chi connectivity index (χ0v) is 34.9. The minimum atomic E-state index is -2.66. The van der Waals surface area contributed by atoms with Gasteiger partial charge in [-0.1, -0.05) is 184 Å². The van der Waals surface area contributed by atoms with Crippen LogP contribution in [0.3, 0.4) is 0 Å². The average molecular weight is 794 g/mol. The number of hydrogen-bond acceptors (Lipinski definition) is 2. The molecule has 0 radical (unpaired) electrons. The number of anilines is 3. The SMILES string of the molecule is CC1(C)c2ccccc2-c2c1ccc1c2Oc2ccccc2C12c1ccccc1N(c1ccc3c(c1)[Si]1(c4ccccc4-c4ccccc41)c1ccccc1-3)c1ccccc12. The molecule has 3 heteroatoms. The lowest BCUT2D eigenvalue weighted by molar-refractivity contribution is 0.435. The Labute approximate surface area is 357 Å². The summed E-state index contributed by atoms with van der Waals surface area (Å²) in [6.45, 7) is 4.70.